The highest BCUT2D eigenvalue weighted by atomic mass is 35.5. The van der Waals surface area contributed by atoms with Crippen molar-refractivity contribution in [2.45, 2.75) is 18.9 Å². The summed E-state index contributed by atoms with van der Waals surface area (Å²) in [6.07, 6.45) is 5.06. The molecule has 0 radical (unpaired) electrons. The van der Waals surface area contributed by atoms with Gasteiger partial charge in [-0.15, -0.1) is 0 Å². The third kappa shape index (κ3) is 2.46. The van der Waals surface area contributed by atoms with Crippen molar-refractivity contribution in [3.8, 4) is 0 Å². The van der Waals surface area contributed by atoms with E-state index in [4.69, 9.17) is 11.6 Å². The Hall–Kier alpha value is -1.13. The van der Waals surface area contributed by atoms with Gasteiger partial charge in [-0.3, -0.25) is 9.78 Å². The summed E-state index contributed by atoms with van der Waals surface area (Å²) in [6.45, 7) is 0.902. The molecule has 4 nitrogen and oxygen atoms in total. The SMILES string of the molecule is O=C(Nc1cnccc1Cl)[C@@H]1CCCN1. The zero-order chi connectivity index (χ0) is 10.7. The predicted molar refractivity (Wildman–Crippen MR) is 58.9 cm³/mol. The maximum atomic E-state index is 11.7. The van der Waals surface area contributed by atoms with Gasteiger partial charge in [0, 0.05) is 6.20 Å². The summed E-state index contributed by atoms with van der Waals surface area (Å²) in [7, 11) is 0. The number of nitrogens with one attached hydrogen (secondary N) is 2. The van der Waals surface area contributed by atoms with Gasteiger partial charge >= 0.3 is 0 Å². The van der Waals surface area contributed by atoms with Crippen LogP contribution in [-0.4, -0.2) is 23.5 Å². The van der Waals surface area contributed by atoms with E-state index in [1.54, 1.807) is 18.5 Å². The maximum absolute atomic E-state index is 11.7. The summed E-state index contributed by atoms with van der Waals surface area (Å²) >= 11 is 5.90. The molecule has 0 bridgehead atoms. The minimum Gasteiger partial charge on any atom is -0.322 e. The van der Waals surface area contributed by atoms with E-state index in [0.717, 1.165) is 19.4 Å². The van der Waals surface area contributed by atoms with Crippen molar-refractivity contribution in [2.75, 3.05) is 11.9 Å². The Balaban J connectivity index is 2.02. The molecule has 0 aromatic carbocycles. The Morgan fingerprint density at radius 3 is 3.20 bits per heavy atom. The third-order valence-corrected chi connectivity index (χ3v) is 2.73. The molecular weight excluding hydrogens is 214 g/mol. The summed E-state index contributed by atoms with van der Waals surface area (Å²) in [5.74, 6) is -0.0394. The number of pyridine rings is 1. The average molecular weight is 226 g/mol. The number of aromatic nitrogens is 1. The van der Waals surface area contributed by atoms with E-state index in [0.29, 0.717) is 10.7 Å². The lowest BCUT2D eigenvalue weighted by Crippen LogP contribution is -2.35. The zero-order valence-electron chi connectivity index (χ0n) is 8.16. The molecule has 1 atom stereocenters. The number of hydrogen-bond donors (Lipinski definition) is 2. The summed E-state index contributed by atoms with van der Waals surface area (Å²) in [4.78, 5) is 15.6. The number of anilines is 1. The van der Waals surface area contributed by atoms with E-state index in [-0.39, 0.29) is 11.9 Å². The number of hydrogen-bond acceptors (Lipinski definition) is 3. The highest BCUT2D eigenvalue weighted by Crippen LogP contribution is 2.19. The number of nitrogens with zero attached hydrogens (tertiary/aromatic N) is 1. The summed E-state index contributed by atoms with van der Waals surface area (Å²) < 4.78 is 0. The first kappa shape index (κ1) is 10.4. The monoisotopic (exact) mass is 225 g/mol. The van der Waals surface area contributed by atoms with Crippen LogP contribution in [0.2, 0.25) is 5.02 Å². The smallest absolute Gasteiger partial charge is 0.241 e. The molecular formula is C10H12ClN3O. The molecule has 1 saturated heterocycles. The van der Waals surface area contributed by atoms with E-state index in [1.807, 2.05) is 0 Å². The molecule has 0 unspecified atom stereocenters. The van der Waals surface area contributed by atoms with Crippen molar-refractivity contribution in [3.05, 3.63) is 23.5 Å². The van der Waals surface area contributed by atoms with Crippen LogP contribution in [0.1, 0.15) is 12.8 Å². The Morgan fingerprint density at radius 2 is 2.53 bits per heavy atom. The van der Waals surface area contributed by atoms with Crippen LogP contribution in [0, 0.1) is 0 Å². The summed E-state index contributed by atoms with van der Waals surface area (Å²) in [5.41, 5.74) is 0.567. The van der Waals surface area contributed by atoms with Gasteiger partial charge in [0.2, 0.25) is 5.91 Å². The minimum atomic E-state index is -0.0960. The van der Waals surface area contributed by atoms with Crippen LogP contribution in [0.15, 0.2) is 18.5 Å². The molecule has 1 aromatic heterocycles. The molecule has 2 heterocycles. The molecule has 0 aliphatic carbocycles. The van der Waals surface area contributed by atoms with Crippen molar-refractivity contribution in [3.63, 3.8) is 0 Å². The van der Waals surface area contributed by atoms with Crippen LogP contribution in [-0.2, 0) is 4.79 Å². The topological polar surface area (TPSA) is 54.0 Å². The fourth-order valence-electron chi connectivity index (χ4n) is 1.60. The number of carbonyl (C=O) groups excluding carboxylic acids is 1. The Kier molecular flexibility index (Phi) is 3.18. The lowest BCUT2D eigenvalue weighted by atomic mass is 10.2. The maximum Gasteiger partial charge on any atom is 0.241 e. The van der Waals surface area contributed by atoms with E-state index in [9.17, 15) is 4.79 Å². The van der Waals surface area contributed by atoms with Gasteiger partial charge in [-0.2, -0.15) is 0 Å². The van der Waals surface area contributed by atoms with Gasteiger partial charge in [-0.05, 0) is 25.5 Å². The van der Waals surface area contributed by atoms with Crippen LogP contribution in [0.5, 0.6) is 0 Å². The molecule has 15 heavy (non-hydrogen) atoms. The van der Waals surface area contributed by atoms with Gasteiger partial charge in [0.05, 0.1) is 22.9 Å². The molecule has 2 N–H and O–H groups in total. The average Bonchev–Trinajstić information content (AvgIpc) is 2.74. The standard InChI is InChI=1S/C10H12ClN3O/c11-7-3-5-12-6-9(7)14-10(15)8-2-1-4-13-8/h3,5-6,8,13H,1-2,4H2,(H,14,15)/t8-/m0/s1. The fourth-order valence-corrected chi connectivity index (χ4v) is 1.75. The first-order valence-corrected chi connectivity index (χ1v) is 5.29. The number of amides is 1. The summed E-state index contributed by atoms with van der Waals surface area (Å²) in [6, 6.07) is 1.56. The lowest BCUT2D eigenvalue weighted by Gasteiger charge is -2.11. The molecule has 1 aliphatic heterocycles. The first-order valence-electron chi connectivity index (χ1n) is 4.91. The quantitative estimate of drug-likeness (QED) is 0.801. The van der Waals surface area contributed by atoms with Crippen LogP contribution in [0.3, 0.4) is 0 Å². The molecule has 0 saturated carbocycles. The highest BCUT2D eigenvalue weighted by molar-refractivity contribution is 6.33. The van der Waals surface area contributed by atoms with Gasteiger partial charge in [0.25, 0.3) is 0 Å². The molecule has 0 spiro atoms. The minimum absolute atomic E-state index is 0.0394. The van der Waals surface area contributed by atoms with Gasteiger partial charge in [0.15, 0.2) is 0 Å². The molecule has 1 amide bonds. The lowest BCUT2D eigenvalue weighted by molar-refractivity contribution is -0.117. The van der Waals surface area contributed by atoms with Crippen LogP contribution in [0.4, 0.5) is 5.69 Å². The van der Waals surface area contributed by atoms with E-state index in [2.05, 4.69) is 15.6 Å². The van der Waals surface area contributed by atoms with Crippen molar-refractivity contribution in [1.82, 2.24) is 10.3 Å². The molecule has 1 aliphatic rings. The second-order valence-electron chi connectivity index (χ2n) is 3.49. The normalized spacial score (nSPS) is 20.2. The van der Waals surface area contributed by atoms with Crippen LogP contribution in [0.25, 0.3) is 0 Å². The number of rotatable bonds is 2. The predicted octanol–water partition coefficient (Wildman–Crippen LogP) is 1.43. The van der Waals surface area contributed by atoms with Crippen LogP contribution >= 0.6 is 11.6 Å². The molecule has 80 valence electrons. The van der Waals surface area contributed by atoms with Crippen molar-refractivity contribution < 1.29 is 4.79 Å². The first-order chi connectivity index (χ1) is 7.27. The Morgan fingerprint density at radius 1 is 1.67 bits per heavy atom. The van der Waals surface area contributed by atoms with Crippen LogP contribution < -0.4 is 10.6 Å². The largest absolute Gasteiger partial charge is 0.322 e. The second kappa shape index (κ2) is 4.59. The van der Waals surface area contributed by atoms with E-state index >= 15 is 0 Å². The van der Waals surface area contributed by atoms with Crippen molar-refractivity contribution in [1.29, 1.82) is 0 Å². The zero-order valence-corrected chi connectivity index (χ0v) is 8.92. The van der Waals surface area contributed by atoms with Gasteiger partial charge in [-0.25, -0.2) is 0 Å². The Bertz CT molecular complexity index is 363. The van der Waals surface area contributed by atoms with Crippen molar-refractivity contribution >= 4 is 23.2 Å². The number of halogens is 1. The molecule has 1 aromatic rings. The Labute approximate surface area is 93.0 Å². The molecule has 1 fully saturated rings. The number of carbonyl (C=O) groups is 1. The van der Waals surface area contributed by atoms with Crippen molar-refractivity contribution in [2.24, 2.45) is 0 Å². The fraction of sp³-hybridized carbons (Fsp3) is 0.400. The highest BCUT2D eigenvalue weighted by Gasteiger charge is 2.22. The molecule has 5 heteroatoms. The molecule has 2 rings (SSSR count). The third-order valence-electron chi connectivity index (χ3n) is 2.40. The van der Waals surface area contributed by atoms with Gasteiger partial charge in [0.1, 0.15) is 0 Å². The second-order valence-corrected chi connectivity index (χ2v) is 3.90. The van der Waals surface area contributed by atoms with E-state index in [1.165, 1.54) is 0 Å². The van der Waals surface area contributed by atoms with E-state index < -0.39 is 0 Å². The van der Waals surface area contributed by atoms with Gasteiger partial charge in [-0.1, -0.05) is 11.6 Å². The van der Waals surface area contributed by atoms with Gasteiger partial charge < -0.3 is 10.6 Å². The summed E-state index contributed by atoms with van der Waals surface area (Å²) in [5, 5.41) is 6.39.